The lowest BCUT2D eigenvalue weighted by Crippen LogP contribution is -2.30. The smallest absolute Gasteiger partial charge is 0.0343 e. The van der Waals surface area contributed by atoms with Crippen molar-refractivity contribution < 1.29 is 0 Å². The Kier molecular flexibility index (Phi) is 3.34. The van der Waals surface area contributed by atoms with Crippen LogP contribution in [0.1, 0.15) is 45.2 Å². The van der Waals surface area contributed by atoms with E-state index in [0.717, 1.165) is 6.54 Å². The van der Waals surface area contributed by atoms with Crippen molar-refractivity contribution in [1.82, 2.24) is 5.32 Å². The molecule has 1 unspecified atom stereocenters. The number of benzene rings is 1. The average molecular weight is 217 g/mol. The van der Waals surface area contributed by atoms with E-state index < -0.39 is 0 Å². The monoisotopic (exact) mass is 217 g/mol. The van der Waals surface area contributed by atoms with Crippen LogP contribution in [0.25, 0.3) is 0 Å². The first-order valence-electron chi connectivity index (χ1n) is 6.39. The van der Waals surface area contributed by atoms with Crippen LogP contribution in [0.4, 0.5) is 0 Å². The molecule has 2 rings (SSSR count). The van der Waals surface area contributed by atoms with E-state index >= 15 is 0 Å². The molecule has 1 aliphatic rings. The lowest BCUT2D eigenvalue weighted by molar-refractivity contribution is 0.371. The van der Waals surface area contributed by atoms with Crippen LogP contribution >= 0.6 is 0 Å². The van der Waals surface area contributed by atoms with E-state index in [1.54, 1.807) is 0 Å². The minimum atomic E-state index is 0.499. The highest BCUT2D eigenvalue weighted by Crippen LogP contribution is 2.44. The molecule has 1 nitrogen and oxygen atoms in total. The summed E-state index contributed by atoms with van der Waals surface area (Å²) in [6.45, 7) is 8.12. The molecule has 1 fully saturated rings. The Hall–Kier alpha value is -0.820. The van der Waals surface area contributed by atoms with Gasteiger partial charge in [-0.05, 0) is 29.7 Å². The molecule has 1 atom stereocenters. The molecule has 1 aromatic carbocycles. The topological polar surface area (TPSA) is 12.0 Å². The molecule has 1 aromatic rings. The van der Waals surface area contributed by atoms with Crippen LogP contribution in [0.15, 0.2) is 30.3 Å². The van der Waals surface area contributed by atoms with Gasteiger partial charge in [0.25, 0.3) is 0 Å². The van der Waals surface area contributed by atoms with E-state index in [1.807, 2.05) is 0 Å². The van der Waals surface area contributed by atoms with E-state index in [1.165, 1.54) is 18.4 Å². The fraction of sp³-hybridized carbons (Fsp3) is 0.600. The second kappa shape index (κ2) is 4.58. The fourth-order valence-corrected chi connectivity index (χ4v) is 2.15. The van der Waals surface area contributed by atoms with Gasteiger partial charge < -0.3 is 5.32 Å². The van der Waals surface area contributed by atoms with Crippen molar-refractivity contribution in [2.24, 2.45) is 11.3 Å². The zero-order chi connectivity index (χ0) is 11.6. The van der Waals surface area contributed by atoms with E-state index in [0.29, 0.717) is 17.4 Å². The van der Waals surface area contributed by atoms with Crippen LogP contribution < -0.4 is 5.32 Å². The van der Waals surface area contributed by atoms with Crippen molar-refractivity contribution in [3.05, 3.63) is 35.9 Å². The first kappa shape index (κ1) is 11.7. The predicted molar refractivity (Wildman–Crippen MR) is 69.4 cm³/mol. The van der Waals surface area contributed by atoms with Gasteiger partial charge in [-0.2, -0.15) is 0 Å². The van der Waals surface area contributed by atoms with Crippen LogP contribution in [-0.4, -0.2) is 6.54 Å². The molecule has 1 N–H and O–H groups in total. The largest absolute Gasteiger partial charge is 0.309 e. The number of rotatable bonds is 5. The summed E-state index contributed by atoms with van der Waals surface area (Å²) in [6.07, 6.45) is 2.78. The van der Waals surface area contributed by atoms with Gasteiger partial charge >= 0.3 is 0 Å². The minimum Gasteiger partial charge on any atom is -0.309 e. The third kappa shape index (κ3) is 2.85. The van der Waals surface area contributed by atoms with Gasteiger partial charge in [0, 0.05) is 12.6 Å². The Morgan fingerprint density at radius 1 is 1.19 bits per heavy atom. The fourth-order valence-electron chi connectivity index (χ4n) is 2.15. The molecule has 0 bridgehead atoms. The highest BCUT2D eigenvalue weighted by Gasteiger charge is 2.37. The van der Waals surface area contributed by atoms with E-state index in [4.69, 9.17) is 0 Å². The standard InChI is InChI=1S/C15H23N/c1-12(2)14(13-7-5-4-6-8-13)16-11-15(3)9-10-15/h4-8,12,14,16H,9-11H2,1-3H3. The summed E-state index contributed by atoms with van der Waals surface area (Å²) in [7, 11) is 0. The number of hydrogen-bond donors (Lipinski definition) is 1. The van der Waals surface area contributed by atoms with Crippen molar-refractivity contribution in [1.29, 1.82) is 0 Å². The summed E-state index contributed by atoms with van der Waals surface area (Å²) in [5.41, 5.74) is 2.00. The first-order valence-corrected chi connectivity index (χ1v) is 6.39. The van der Waals surface area contributed by atoms with Crippen LogP contribution in [-0.2, 0) is 0 Å². The Balaban J connectivity index is 2.00. The minimum absolute atomic E-state index is 0.499. The molecule has 0 amide bonds. The average Bonchev–Trinajstić information content (AvgIpc) is 2.98. The first-order chi connectivity index (χ1) is 7.61. The molecule has 0 aliphatic heterocycles. The second-order valence-electron chi connectivity index (χ2n) is 5.82. The third-order valence-electron chi connectivity index (χ3n) is 3.68. The zero-order valence-electron chi connectivity index (χ0n) is 10.7. The molecule has 0 saturated heterocycles. The van der Waals surface area contributed by atoms with E-state index in [9.17, 15) is 0 Å². The van der Waals surface area contributed by atoms with Gasteiger partial charge in [-0.15, -0.1) is 0 Å². The molecule has 1 saturated carbocycles. The molecule has 0 radical (unpaired) electrons. The second-order valence-corrected chi connectivity index (χ2v) is 5.82. The van der Waals surface area contributed by atoms with Gasteiger partial charge in [0.1, 0.15) is 0 Å². The maximum atomic E-state index is 3.74. The van der Waals surface area contributed by atoms with Gasteiger partial charge in [-0.25, -0.2) is 0 Å². The zero-order valence-corrected chi connectivity index (χ0v) is 10.7. The summed E-state index contributed by atoms with van der Waals surface area (Å²) in [6, 6.07) is 11.3. The molecule has 0 aromatic heterocycles. The summed E-state index contributed by atoms with van der Waals surface area (Å²) in [5.74, 6) is 0.643. The maximum absolute atomic E-state index is 3.74. The van der Waals surface area contributed by atoms with Gasteiger partial charge in [-0.3, -0.25) is 0 Å². The van der Waals surface area contributed by atoms with Crippen LogP contribution in [0, 0.1) is 11.3 Å². The molecular weight excluding hydrogens is 194 g/mol. The highest BCUT2D eigenvalue weighted by molar-refractivity contribution is 5.19. The van der Waals surface area contributed by atoms with Crippen molar-refractivity contribution >= 4 is 0 Å². The normalized spacial score (nSPS) is 19.8. The van der Waals surface area contributed by atoms with Gasteiger partial charge in [0.15, 0.2) is 0 Å². The third-order valence-corrected chi connectivity index (χ3v) is 3.68. The molecule has 1 aliphatic carbocycles. The SMILES string of the molecule is CC(C)C(NCC1(C)CC1)c1ccccc1. The van der Waals surface area contributed by atoms with Crippen molar-refractivity contribution in [2.75, 3.05) is 6.54 Å². The predicted octanol–water partition coefficient (Wildman–Crippen LogP) is 3.77. The molecule has 0 heterocycles. The highest BCUT2D eigenvalue weighted by atomic mass is 14.9. The Labute approximate surface area is 99.3 Å². The van der Waals surface area contributed by atoms with Gasteiger partial charge in [0.2, 0.25) is 0 Å². The van der Waals surface area contributed by atoms with Crippen LogP contribution in [0.5, 0.6) is 0 Å². The van der Waals surface area contributed by atoms with E-state index in [2.05, 4.69) is 56.4 Å². The maximum Gasteiger partial charge on any atom is 0.0343 e. The number of hydrogen-bond acceptors (Lipinski definition) is 1. The Morgan fingerprint density at radius 2 is 1.81 bits per heavy atom. The molecule has 16 heavy (non-hydrogen) atoms. The molecule has 0 spiro atoms. The Bertz CT molecular complexity index is 325. The summed E-state index contributed by atoms with van der Waals surface area (Å²) in [5, 5.41) is 3.74. The molecular formula is C15H23N. The molecule has 88 valence electrons. The van der Waals surface area contributed by atoms with Crippen molar-refractivity contribution in [3.63, 3.8) is 0 Å². The van der Waals surface area contributed by atoms with Crippen LogP contribution in [0.3, 0.4) is 0 Å². The van der Waals surface area contributed by atoms with Crippen molar-refractivity contribution in [3.8, 4) is 0 Å². The lowest BCUT2D eigenvalue weighted by atomic mass is 9.95. The summed E-state index contributed by atoms with van der Waals surface area (Å²) < 4.78 is 0. The van der Waals surface area contributed by atoms with Crippen molar-refractivity contribution in [2.45, 2.75) is 39.7 Å². The summed E-state index contributed by atoms with van der Waals surface area (Å²) >= 11 is 0. The Morgan fingerprint density at radius 3 is 2.31 bits per heavy atom. The lowest BCUT2D eigenvalue weighted by Gasteiger charge is -2.24. The quantitative estimate of drug-likeness (QED) is 0.791. The summed E-state index contributed by atoms with van der Waals surface area (Å²) in [4.78, 5) is 0. The number of nitrogens with one attached hydrogen (secondary N) is 1. The van der Waals surface area contributed by atoms with Gasteiger partial charge in [0.05, 0.1) is 0 Å². The van der Waals surface area contributed by atoms with Crippen LogP contribution in [0.2, 0.25) is 0 Å². The van der Waals surface area contributed by atoms with E-state index in [-0.39, 0.29) is 0 Å². The van der Waals surface area contributed by atoms with Gasteiger partial charge in [-0.1, -0.05) is 51.1 Å². The molecule has 1 heteroatoms.